The van der Waals surface area contributed by atoms with Crippen molar-refractivity contribution >= 4 is 45.0 Å². The highest BCUT2D eigenvalue weighted by Gasteiger charge is 2.17. The lowest BCUT2D eigenvalue weighted by molar-refractivity contribution is -0.385. The van der Waals surface area contributed by atoms with E-state index in [1.807, 2.05) is 34.7 Å². The van der Waals surface area contributed by atoms with Gasteiger partial charge in [0, 0.05) is 37.6 Å². The van der Waals surface area contributed by atoms with Gasteiger partial charge in [-0.05, 0) is 40.8 Å². The molecule has 1 aromatic carbocycles. The highest BCUT2D eigenvalue weighted by atomic mass is 125. The topological polar surface area (TPSA) is 71.3 Å². The van der Waals surface area contributed by atoms with E-state index < -0.39 is 0 Å². The number of rotatable bonds is 2. The van der Waals surface area contributed by atoms with Crippen molar-refractivity contribution in [3.8, 4) is 0 Å². The second-order valence-corrected chi connectivity index (χ2v) is 5.71. The lowest BCUT2D eigenvalue weighted by Gasteiger charge is -2.28. The van der Waals surface area contributed by atoms with Crippen LogP contribution in [-0.4, -0.2) is 36.1 Å². The summed E-state index contributed by atoms with van der Waals surface area (Å²) < 4.78 is 0.643. The Balaban J connectivity index is 2.04. The third kappa shape index (κ3) is 2.42. The molecule has 0 spiro atoms. The van der Waals surface area contributed by atoms with Gasteiger partial charge in [-0.3, -0.25) is 10.1 Å². The minimum Gasteiger partial charge on any atom is -0.354 e. The first kappa shape index (κ1) is 13.5. The number of aromatic nitrogens is 1. The first-order valence-corrected chi connectivity index (χ1v) is 7.44. The number of fused-ring (bicyclic) bond motifs is 1. The zero-order valence-corrected chi connectivity index (χ0v) is 12.8. The molecule has 0 aliphatic carbocycles. The van der Waals surface area contributed by atoms with E-state index in [9.17, 15) is 10.1 Å². The smallest absolute Gasteiger partial charge is 0.283 e. The minimum absolute atomic E-state index is 0.134. The first-order chi connectivity index (χ1) is 9.66. The largest absolute Gasteiger partial charge is 0.354 e. The van der Waals surface area contributed by atoms with E-state index in [-0.39, 0.29) is 10.6 Å². The van der Waals surface area contributed by atoms with Crippen LogP contribution in [0.2, 0.25) is 0 Å². The summed E-state index contributed by atoms with van der Waals surface area (Å²) in [6.45, 7) is 3.78. The van der Waals surface area contributed by atoms with E-state index in [0.29, 0.717) is 3.57 Å². The second-order valence-electron chi connectivity index (χ2n) is 4.63. The van der Waals surface area contributed by atoms with Crippen LogP contribution in [0.5, 0.6) is 0 Å². The molecule has 1 N–H and O–H groups in total. The summed E-state index contributed by atoms with van der Waals surface area (Å²) >= 11 is 2.01. The summed E-state index contributed by atoms with van der Waals surface area (Å²) in [6, 6.07) is 7.12. The Kier molecular flexibility index (Phi) is 3.70. The summed E-state index contributed by atoms with van der Waals surface area (Å²) in [4.78, 5) is 17.4. The van der Waals surface area contributed by atoms with Crippen LogP contribution >= 0.6 is 22.6 Å². The predicted molar refractivity (Wildman–Crippen MR) is 86.2 cm³/mol. The van der Waals surface area contributed by atoms with Crippen molar-refractivity contribution in [3.05, 3.63) is 37.9 Å². The lowest BCUT2D eigenvalue weighted by atomic mass is 10.2. The molecule has 1 aliphatic heterocycles. The third-order valence-electron chi connectivity index (χ3n) is 3.41. The number of anilines is 1. The number of benzene rings is 1. The molecular weight excluding hydrogens is 369 g/mol. The van der Waals surface area contributed by atoms with E-state index >= 15 is 0 Å². The summed E-state index contributed by atoms with van der Waals surface area (Å²) in [5.41, 5.74) is 0.936. The Hall–Kier alpha value is -1.48. The van der Waals surface area contributed by atoms with Gasteiger partial charge in [0.15, 0.2) is 0 Å². The molecule has 2 aromatic rings. The highest BCUT2D eigenvalue weighted by molar-refractivity contribution is 14.1. The average Bonchev–Trinajstić information content (AvgIpc) is 2.48. The maximum Gasteiger partial charge on any atom is 0.283 e. The first-order valence-electron chi connectivity index (χ1n) is 6.36. The highest BCUT2D eigenvalue weighted by Crippen LogP contribution is 2.29. The van der Waals surface area contributed by atoms with Crippen LogP contribution in [0.4, 0.5) is 11.5 Å². The fourth-order valence-electron chi connectivity index (χ4n) is 2.36. The molecule has 0 atom stereocenters. The van der Waals surface area contributed by atoms with E-state index in [1.165, 1.54) is 6.07 Å². The van der Waals surface area contributed by atoms with Crippen LogP contribution in [0, 0.1) is 13.7 Å². The van der Waals surface area contributed by atoms with Crippen molar-refractivity contribution in [1.29, 1.82) is 0 Å². The van der Waals surface area contributed by atoms with Gasteiger partial charge in [0.25, 0.3) is 5.69 Å². The van der Waals surface area contributed by atoms with E-state index in [2.05, 4.69) is 15.2 Å². The molecule has 1 aliphatic rings. The Bertz CT molecular complexity index is 671. The summed E-state index contributed by atoms with van der Waals surface area (Å²) in [5.74, 6) is 0.934. The van der Waals surface area contributed by atoms with Crippen molar-refractivity contribution in [2.75, 3.05) is 31.1 Å². The van der Waals surface area contributed by atoms with Gasteiger partial charge in [-0.1, -0.05) is 0 Å². The van der Waals surface area contributed by atoms with Crippen molar-refractivity contribution in [1.82, 2.24) is 10.3 Å². The molecule has 0 saturated carbocycles. The number of nitrogens with zero attached hydrogens (tertiary/aromatic N) is 3. The van der Waals surface area contributed by atoms with Crippen molar-refractivity contribution in [2.45, 2.75) is 0 Å². The summed E-state index contributed by atoms with van der Waals surface area (Å²) in [6.07, 6.45) is 0. The molecule has 1 fully saturated rings. The second kappa shape index (κ2) is 5.49. The van der Waals surface area contributed by atoms with Gasteiger partial charge in [0.1, 0.15) is 9.39 Å². The Morgan fingerprint density at radius 3 is 2.70 bits per heavy atom. The number of nitro benzene ring substituents is 1. The zero-order chi connectivity index (χ0) is 14.1. The van der Waals surface area contributed by atoms with Crippen LogP contribution in [0.3, 0.4) is 0 Å². The van der Waals surface area contributed by atoms with Gasteiger partial charge < -0.3 is 10.2 Å². The van der Waals surface area contributed by atoms with Gasteiger partial charge in [-0.2, -0.15) is 0 Å². The summed E-state index contributed by atoms with van der Waals surface area (Å²) in [7, 11) is 0. The average molecular weight is 382 g/mol. The van der Waals surface area contributed by atoms with Crippen LogP contribution in [0.1, 0.15) is 0 Å². The molecule has 104 valence electrons. The fourth-order valence-corrected chi connectivity index (χ4v) is 3.19. The number of halogens is 1. The van der Waals surface area contributed by atoms with Gasteiger partial charge in [0.2, 0.25) is 0 Å². The molecule has 0 amide bonds. The molecule has 2 heterocycles. The van der Waals surface area contributed by atoms with Crippen molar-refractivity contribution in [3.63, 3.8) is 0 Å². The summed E-state index contributed by atoms with van der Waals surface area (Å²) in [5, 5.41) is 15.1. The fraction of sp³-hybridized carbons (Fsp3) is 0.308. The van der Waals surface area contributed by atoms with E-state index in [1.54, 1.807) is 6.07 Å². The normalized spacial score (nSPS) is 15.6. The Morgan fingerprint density at radius 1 is 1.25 bits per heavy atom. The SMILES string of the molecule is O=[N+]([O-])c1ccc2nc(N3CCNCC3)ccc2c1[125I]. The number of hydrogen-bond donors (Lipinski definition) is 1. The zero-order valence-electron chi connectivity index (χ0n) is 10.7. The van der Waals surface area contributed by atoms with Gasteiger partial charge in [-0.15, -0.1) is 0 Å². The third-order valence-corrected chi connectivity index (χ3v) is 4.54. The molecule has 3 rings (SSSR count). The molecule has 1 saturated heterocycles. The number of nitro groups is 1. The lowest BCUT2D eigenvalue weighted by Crippen LogP contribution is -2.43. The molecule has 0 bridgehead atoms. The molecule has 7 heteroatoms. The van der Waals surface area contributed by atoms with Crippen LogP contribution in [0.25, 0.3) is 10.9 Å². The Labute approximate surface area is 129 Å². The maximum absolute atomic E-state index is 10.9. The maximum atomic E-state index is 10.9. The van der Waals surface area contributed by atoms with E-state index in [4.69, 9.17) is 0 Å². The van der Waals surface area contributed by atoms with Crippen LogP contribution < -0.4 is 10.2 Å². The monoisotopic (exact) mass is 382 g/mol. The minimum atomic E-state index is -0.356. The number of hydrogen-bond acceptors (Lipinski definition) is 5. The molecule has 20 heavy (non-hydrogen) atoms. The van der Waals surface area contributed by atoms with Crippen molar-refractivity contribution in [2.24, 2.45) is 0 Å². The number of pyridine rings is 1. The predicted octanol–water partition coefficient (Wildman–Crippen LogP) is 2.16. The van der Waals surface area contributed by atoms with Crippen LogP contribution in [0.15, 0.2) is 24.3 Å². The molecular formula is C13H13IN4O2. The van der Waals surface area contributed by atoms with Gasteiger partial charge >= 0.3 is 0 Å². The van der Waals surface area contributed by atoms with Crippen LogP contribution in [-0.2, 0) is 0 Å². The van der Waals surface area contributed by atoms with Crippen molar-refractivity contribution < 1.29 is 4.92 Å². The van der Waals surface area contributed by atoms with Gasteiger partial charge in [0.05, 0.1) is 10.4 Å². The Morgan fingerprint density at radius 2 is 2.00 bits per heavy atom. The van der Waals surface area contributed by atoms with E-state index in [0.717, 1.165) is 42.9 Å². The standard InChI is InChI=1S/C13H13IN4O2/c14-13-9-1-4-12(17-7-5-15-6-8-17)16-10(9)2-3-11(13)18(19)20/h1-4,15H,5-8H2/i14-2. The quantitative estimate of drug-likeness (QED) is 0.490. The molecule has 0 unspecified atom stereocenters. The molecule has 1 aromatic heterocycles. The molecule has 6 nitrogen and oxygen atoms in total. The molecule has 0 radical (unpaired) electrons. The number of nitrogens with one attached hydrogen (secondary N) is 1. The van der Waals surface area contributed by atoms with Gasteiger partial charge in [-0.25, -0.2) is 4.98 Å². The number of piperazine rings is 1.